The van der Waals surface area contributed by atoms with Crippen LogP contribution in [0.1, 0.15) is 18.2 Å². The zero-order valence-electron chi connectivity index (χ0n) is 8.48. The van der Waals surface area contributed by atoms with Crippen molar-refractivity contribution in [1.82, 2.24) is 9.78 Å². The molecule has 1 rings (SSSR count). The lowest BCUT2D eigenvalue weighted by Crippen LogP contribution is -2.09. The standard InChI is InChI=1S/C8H9F5N2O/c1-3-15-6(16-7(9)10)4(2)5(14-15)8(11,12)13/h7H,3H2,1-2H3. The monoisotopic (exact) mass is 244 g/mol. The Hall–Kier alpha value is -1.34. The number of rotatable bonds is 3. The van der Waals surface area contributed by atoms with Gasteiger partial charge in [-0.1, -0.05) is 0 Å². The molecule has 0 aliphatic carbocycles. The largest absolute Gasteiger partial charge is 0.435 e. The maximum atomic E-state index is 12.4. The third-order valence-corrected chi connectivity index (χ3v) is 1.90. The van der Waals surface area contributed by atoms with E-state index in [1.165, 1.54) is 6.92 Å². The molecule has 3 nitrogen and oxygen atoms in total. The van der Waals surface area contributed by atoms with Crippen molar-refractivity contribution in [1.29, 1.82) is 0 Å². The summed E-state index contributed by atoms with van der Waals surface area (Å²) in [5.74, 6) is -0.551. The third kappa shape index (κ3) is 2.42. The summed E-state index contributed by atoms with van der Waals surface area (Å²) >= 11 is 0. The molecule has 0 N–H and O–H groups in total. The molecule has 0 spiro atoms. The van der Waals surface area contributed by atoms with Crippen LogP contribution in [0.4, 0.5) is 22.0 Å². The van der Waals surface area contributed by atoms with Crippen molar-refractivity contribution in [2.45, 2.75) is 33.2 Å². The smallest absolute Gasteiger partial charge is 0.417 e. The summed E-state index contributed by atoms with van der Waals surface area (Å²) in [7, 11) is 0. The summed E-state index contributed by atoms with van der Waals surface area (Å²) < 4.78 is 65.9. The first-order chi connectivity index (χ1) is 7.27. The molecule has 0 atom stereocenters. The predicted octanol–water partition coefficient (Wildman–Crippen LogP) is 2.83. The van der Waals surface area contributed by atoms with Crippen molar-refractivity contribution in [3.8, 4) is 5.88 Å². The maximum Gasteiger partial charge on any atom is 0.435 e. The number of halogens is 5. The van der Waals surface area contributed by atoms with Crippen LogP contribution in [0.15, 0.2) is 0 Å². The van der Waals surface area contributed by atoms with Gasteiger partial charge in [0.1, 0.15) is 0 Å². The topological polar surface area (TPSA) is 27.1 Å². The molecule has 0 aliphatic rings. The highest BCUT2D eigenvalue weighted by molar-refractivity contribution is 5.32. The minimum absolute atomic E-state index is 0.0129. The second kappa shape index (κ2) is 4.26. The maximum absolute atomic E-state index is 12.4. The molecule has 0 aliphatic heterocycles. The van der Waals surface area contributed by atoms with Crippen molar-refractivity contribution in [3.63, 3.8) is 0 Å². The van der Waals surface area contributed by atoms with Crippen LogP contribution in [0, 0.1) is 6.92 Å². The zero-order valence-corrected chi connectivity index (χ0v) is 8.48. The molecule has 92 valence electrons. The minimum atomic E-state index is -4.68. The Bertz CT molecular complexity index is 371. The average Bonchev–Trinajstić information content (AvgIpc) is 2.42. The number of alkyl halides is 5. The summed E-state index contributed by atoms with van der Waals surface area (Å²) in [6.45, 7) is -0.648. The van der Waals surface area contributed by atoms with Crippen molar-refractivity contribution >= 4 is 0 Å². The third-order valence-electron chi connectivity index (χ3n) is 1.90. The molecule has 1 aromatic rings. The zero-order chi connectivity index (χ0) is 12.5. The Labute approximate surface area is 87.8 Å². The van der Waals surface area contributed by atoms with E-state index in [1.807, 2.05) is 0 Å². The van der Waals surface area contributed by atoms with Gasteiger partial charge in [0.25, 0.3) is 0 Å². The fourth-order valence-corrected chi connectivity index (χ4v) is 1.25. The van der Waals surface area contributed by atoms with Crippen LogP contribution in [0.2, 0.25) is 0 Å². The van der Waals surface area contributed by atoms with Crippen LogP contribution in [-0.4, -0.2) is 16.4 Å². The van der Waals surface area contributed by atoms with Crippen LogP contribution in [0.25, 0.3) is 0 Å². The quantitative estimate of drug-likeness (QED) is 0.764. The van der Waals surface area contributed by atoms with E-state index in [4.69, 9.17) is 0 Å². The minimum Gasteiger partial charge on any atom is -0.417 e. The van der Waals surface area contributed by atoms with Gasteiger partial charge in [-0.3, -0.25) is 0 Å². The van der Waals surface area contributed by atoms with Crippen LogP contribution in [0.3, 0.4) is 0 Å². The Kier molecular flexibility index (Phi) is 3.39. The molecule has 0 fully saturated rings. The molecule has 1 heterocycles. The molecular formula is C8H9F5N2O. The SMILES string of the molecule is CCn1nc(C(F)(F)F)c(C)c1OC(F)F. The van der Waals surface area contributed by atoms with Gasteiger partial charge >= 0.3 is 12.8 Å². The van der Waals surface area contributed by atoms with Gasteiger partial charge in [0.05, 0.1) is 0 Å². The van der Waals surface area contributed by atoms with Gasteiger partial charge in [0, 0.05) is 12.1 Å². The van der Waals surface area contributed by atoms with Gasteiger partial charge in [-0.25, -0.2) is 4.68 Å². The van der Waals surface area contributed by atoms with E-state index in [0.29, 0.717) is 0 Å². The van der Waals surface area contributed by atoms with Crippen molar-refractivity contribution < 1.29 is 26.7 Å². The molecule has 0 aromatic carbocycles. The normalized spacial score (nSPS) is 12.2. The van der Waals surface area contributed by atoms with E-state index in [-0.39, 0.29) is 6.54 Å². The van der Waals surface area contributed by atoms with Gasteiger partial charge in [0.15, 0.2) is 5.69 Å². The van der Waals surface area contributed by atoms with Crippen LogP contribution >= 0.6 is 0 Å². The predicted molar refractivity (Wildman–Crippen MR) is 44.3 cm³/mol. The van der Waals surface area contributed by atoms with Gasteiger partial charge < -0.3 is 4.74 Å². The van der Waals surface area contributed by atoms with Crippen LogP contribution in [-0.2, 0) is 12.7 Å². The fourth-order valence-electron chi connectivity index (χ4n) is 1.25. The Morgan fingerprint density at radius 3 is 2.31 bits per heavy atom. The molecule has 0 radical (unpaired) electrons. The number of hydrogen-bond acceptors (Lipinski definition) is 2. The second-order valence-corrected chi connectivity index (χ2v) is 2.97. The van der Waals surface area contributed by atoms with E-state index >= 15 is 0 Å². The van der Waals surface area contributed by atoms with Crippen LogP contribution in [0.5, 0.6) is 5.88 Å². The molecule has 8 heteroatoms. The van der Waals surface area contributed by atoms with Crippen molar-refractivity contribution in [2.24, 2.45) is 0 Å². The molecule has 0 unspecified atom stereocenters. The molecule has 0 amide bonds. The van der Waals surface area contributed by atoms with Crippen LogP contribution < -0.4 is 4.74 Å². The van der Waals surface area contributed by atoms with Gasteiger partial charge in [-0.2, -0.15) is 27.1 Å². The van der Waals surface area contributed by atoms with E-state index in [1.54, 1.807) is 0 Å². The highest BCUT2D eigenvalue weighted by Crippen LogP contribution is 2.35. The van der Waals surface area contributed by atoms with E-state index in [9.17, 15) is 22.0 Å². The lowest BCUT2D eigenvalue weighted by atomic mass is 10.2. The molecule has 0 saturated carbocycles. The summed E-state index contributed by atoms with van der Waals surface area (Å²) in [6, 6.07) is 0. The molecule has 16 heavy (non-hydrogen) atoms. The number of aromatic nitrogens is 2. The Morgan fingerprint density at radius 1 is 1.38 bits per heavy atom. The average molecular weight is 244 g/mol. The van der Waals surface area contributed by atoms with Gasteiger partial charge in [-0.05, 0) is 13.8 Å². The van der Waals surface area contributed by atoms with Gasteiger partial charge in [-0.15, -0.1) is 0 Å². The highest BCUT2D eigenvalue weighted by Gasteiger charge is 2.38. The molecule has 0 bridgehead atoms. The fraction of sp³-hybridized carbons (Fsp3) is 0.625. The first-order valence-corrected chi connectivity index (χ1v) is 4.36. The summed E-state index contributed by atoms with van der Waals surface area (Å²) in [6.07, 6.45) is -4.68. The summed E-state index contributed by atoms with van der Waals surface area (Å²) in [5.41, 5.74) is -1.64. The molecule has 1 aromatic heterocycles. The second-order valence-electron chi connectivity index (χ2n) is 2.97. The summed E-state index contributed by atoms with van der Waals surface area (Å²) in [4.78, 5) is 0. The molecule has 0 saturated heterocycles. The number of aryl methyl sites for hydroxylation is 1. The lowest BCUT2D eigenvalue weighted by molar-refractivity contribution is -0.142. The first-order valence-electron chi connectivity index (χ1n) is 4.36. The highest BCUT2D eigenvalue weighted by atomic mass is 19.4. The number of nitrogens with zero attached hydrogens (tertiary/aromatic N) is 2. The van der Waals surface area contributed by atoms with E-state index in [2.05, 4.69) is 9.84 Å². The molecular weight excluding hydrogens is 235 g/mol. The Morgan fingerprint density at radius 2 is 1.94 bits per heavy atom. The van der Waals surface area contributed by atoms with Gasteiger partial charge in [0.2, 0.25) is 5.88 Å². The Balaban J connectivity index is 3.21. The van der Waals surface area contributed by atoms with Crippen molar-refractivity contribution in [3.05, 3.63) is 11.3 Å². The first kappa shape index (κ1) is 12.7. The lowest BCUT2D eigenvalue weighted by Gasteiger charge is -2.06. The van der Waals surface area contributed by atoms with E-state index in [0.717, 1.165) is 11.6 Å². The van der Waals surface area contributed by atoms with Crippen molar-refractivity contribution in [2.75, 3.05) is 0 Å². The summed E-state index contributed by atoms with van der Waals surface area (Å²) in [5, 5.41) is 3.19. The van der Waals surface area contributed by atoms with E-state index < -0.39 is 29.9 Å². The number of hydrogen-bond donors (Lipinski definition) is 0. The number of ether oxygens (including phenoxy) is 1.